The predicted octanol–water partition coefficient (Wildman–Crippen LogP) is 2.00. The van der Waals surface area contributed by atoms with Crippen LogP contribution in [0.2, 0.25) is 0 Å². The van der Waals surface area contributed by atoms with Crippen molar-refractivity contribution in [2.75, 3.05) is 23.7 Å². The topological polar surface area (TPSA) is 70.1 Å². The van der Waals surface area contributed by atoms with Gasteiger partial charge in [0.15, 0.2) is 0 Å². The number of aromatic nitrogens is 2. The van der Waals surface area contributed by atoms with Crippen LogP contribution in [-0.2, 0) is 5.41 Å². The summed E-state index contributed by atoms with van der Waals surface area (Å²) in [5, 5.41) is 15.6. The lowest BCUT2D eigenvalue weighted by Crippen LogP contribution is -2.21. The first-order chi connectivity index (χ1) is 8.32. The van der Waals surface area contributed by atoms with Crippen molar-refractivity contribution in [2.24, 2.45) is 0 Å². The number of rotatable bonds is 5. The Hall–Kier alpha value is -1.36. The second-order valence-electron chi connectivity index (χ2n) is 5.47. The van der Waals surface area contributed by atoms with Gasteiger partial charge in [-0.1, -0.05) is 20.8 Å². The third kappa shape index (κ3) is 4.49. The van der Waals surface area contributed by atoms with E-state index in [1.807, 2.05) is 13.0 Å². The number of aliphatic hydroxyl groups is 1. The number of anilines is 2. The van der Waals surface area contributed by atoms with Crippen LogP contribution in [0.3, 0.4) is 0 Å². The van der Waals surface area contributed by atoms with E-state index in [0.717, 1.165) is 24.0 Å². The summed E-state index contributed by atoms with van der Waals surface area (Å²) in [6.07, 6.45) is -0.402. The van der Waals surface area contributed by atoms with E-state index in [1.165, 1.54) is 0 Å². The summed E-state index contributed by atoms with van der Waals surface area (Å²) in [4.78, 5) is 8.98. The zero-order chi connectivity index (χ0) is 13.8. The van der Waals surface area contributed by atoms with Gasteiger partial charge < -0.3 is 15.7 Å². The number of aliphatic hydroxyl groups excluding tert-OH is 1. The molecule has 5 nitrogen and oxygen atoms in total. The molecule has 0 aromatic carbocycles. The highest BCUT2D eigenvalue weighted by molar-refractivity contribution is 5.48. The van der Waals surface area contributed by atoms with Crippen molar-refractivity contribution in [3.8, 4) is 0 Å². The molecule has 0 fully saturated rings. The van der Waals surface area contributed by atoms with Crippen molar-refractivity contribution < 1.29 is 5.11 Å². The molecule has 0 aliphatic carbocycles. The van der Waals surface area contributed by atoms with Gasteiger partial charge in [-0.2, -0.15) is 0 Å². The van der Waals surface area contributed by atoms with Gasteiger partial charge >= 0.3 is 0 Å². The van der Waals surface area contributed by atoms with Gasteiger partial charge in [-0.15, -0.1) is 0 Å². The van der Waals surface area contributed by atoms with Gasteiger partial charge in [-0.3, -0.25) is 0 Å². The molecule has 1 aromatic heterocycles. The molecule has 0 bridgehead atoms. The lowest BCUT2D eigenvalue weighted by atomic mass is 9.96. The molecule has 0 saturated heterocycles. The molecule has 0 radical (unpaired) electrons. The number of nitrogens with one attached hydrogen (secondary N) is 2. The largest absolute Gasteiger partial charge is 0.392 e. The Bertz CT molecular complexity index is 385. The van der Waals surface area contributed by atoms with Crippen LogP contribution in [0.15, 0.2) is 6.07 Å². The Morgan fingerprint density at radius 2 is 1.78 bits per heavy atom. The number of hydrogen-bond donors (Lipinski definition) is 3. The minimum Gasteiger partial charge on any atom is -0.392 e. The van der Waals surface area contributed by atoms with E-state index in [4.69, 9.17) is 0 Å². The normalized spacial score (nSPS) is 13.2. The fourth-order valence-corrected chi connectivity index (χ4v) is 1.40. The fourth-order valence-electron chi connectivity index (χ4n) is 1.40. The third-order valence-electron chi connectivity index (χ3n) is 2.33. The molecule has 0 aliphatic rings. The van der Waals surface area contributed by atoms with Gasteiger partial charge in [0.25, 0.3) is 0 Å². The zero-order valence-corrected chi connectivity index (χ0v) is 11.9. The monoisotopic (exact) mass is 252 g/mol. The minimum absolute atomic E-state index is 0.104. The van der Waals surface area contributed by atoms with Gasteiger partial charge in [0.1, 0.15) is 17.5 Å². The summed E-state index contributed by atoms with van der Waals surface area (Å²) in [5.41, 5.74) is -0.104. The Balaban J connectivity index is 2.98. The second kappa shape index (κ2) is 6.00. The highest BCUT2D eigenvalue weighted by atomic mass is 16.3. The van der Waals surface area contributed by atoms with Crippen LogP contribution >= 0.6 is 0 Å². The van der Waals surface area contributed by atoms with Crippen molar-refractivity contribution in [2.45, 2.75) is 46.1 Å². The quantitative estimate of drug-likeness (QED) is 0.747. The molecule has 1 heterocycles. The van der Waals surface area contributed by atoms with Crippen molar-refractivity contribution >= 4 is 11.6 Å². The Kier molecular flexibility index (Phi) is 4.90. The molecule has 0 amide bonds. The molecule has 0 aliphatic heterocycles. The van der Waals surface area contributed by atoms with Crippen molar-refractivity contribution in [3.63, 3.8) is 0 Å². The van der Waals surface area contributed by atoms with Crippen molar-refractivity contribution in [1.82, 2.24) is 9.97 Å². The van der Waals surface area contributed by atoms with Crippen LogP contribution in [0.25, 0.3) is 0 Å². The van der Waals surface area contributed by atoms with Crippen LogP contribution in [-0.4, -0.2) is 34.3 Å². The van der Waals surface area contributed by atoms with Crippen LogP contribution in [0, 0.1) is 0 Å². The first kappa shape index (κ1) is 14.7. The molecule has 1 rings (SSSR count). The average Bonchev–Trinajstić information content (AvgIpc) is 2.25. The van der Waals surface area contributed by atoms with Gasteiger partial charge in [0.05, 0.1) is 6.10 Å². The Morgan fingerprint density at radius 1 is 1.22 bits per heavy atom. The van der Waals surface area contributed by atoms with Crippen LogP contribution < -0.4 is 10.6 Å². The van der Waals surface area contributed by atoms with E-state index in [9.17, 15) is 5.11 Å². The molecule has 5 heteroatoms. The van der Waals surface area contributed by atoms with Gasteiger partial charge in [0.2, 0.25) is 0 Å². The Labute approximate surface area is 109 Å². The molecular weight excluding hydrogens is 228 g/mol. The average molecular weight is 252 g/mol. The SMILES string of the molecule is CCNc1cc(NCC(C)O)nc(C(C)(C)C)n1. The molecule has 0 saturated carbocycles. The number of hydrogen-bond acceptors (Lipinski definition) is 5. The fraction of sp³-hybridized carbons (Fsp3) is 0.692. The van der Waals surface area contributed by atoms with E-state index >= 15 is 0 Å². The highest BCUT2D eigenvalue weighted by Crippen LogP contribution is 2.22. The molecule has 102 valence electrons. The first-order valence-electron chi connectivity index (χ1n) is 6.38. The predicted molar refractivity (Wildman–Crippen MR) is 75.1 cm³/mol. The molecule has 1 unspecified atom stereocenters. The highest BCUT2D eigenvalue weighted by Gasteiger charge is 2.19. The molecule has 0 spiro atoms. The number of nitrogens with zero attached hydrogens (tertiary/aromatic N) is 2. The van der Waals surface area contributed by atoms with E-state index in [1.54, 1.807) is 6.92 Å². The molecule has 18 heavy (non-hydrogen) atoms. The zero-order valence-electron chi connectivity index (χ0n) is 11.9. The van der Waals surface area contributed by atoms with E-state index < -0.39 is 6.10 Å². The summed E-state index contributed by atoms with van der Waals surface area (Å²) in [6, 6.07) is 1.86. The maximum Gasteiger partial charge on any atom is 0.138 e. The molecule has 1 atom stereocenters. The summed E-state index contributed by atoms with van der Waals surface area (Å²) in [7, 11) is 0. The van der Waals surface area contributed by atoms with Crippen LogP contribution in [0.5, 0.6) is 0 Å². The lowest BCUT2D eigenvalue weighted by Gasteiger charge is -2.19. The van der Waals surface area contributed by atoms with Gasteiger partial charge in [-0.05, 0) is 13.8 Å². The Morgan fingerprint density at radius 3 is 2.22 bits per heavy atom. The summed E-state index contributed by atoms with van der Waals surface area (Å²) in [5.74, 6) is 2.34. The molecule has 1 aromatic rings. The van der Waals surface area contributed by atoms with Crippen molar-refractivity contribution in [3.05, 3.63) is 11.9 Å². The summed E-state index contributed by atoms with van der Waals surface area (Å²) < 4.78 is 0. The minimum atomic E-state index is -0.402. The lowest BCUT2D eigenvalue weighted by molar-refractivity contribution is 0.208. The maximum atomic E-state index is 9.29. The summed E-state index contributed by atoms with van der Waals surface area (Å²) in [6.45, 7) is 11.3. The van der Waals surface area contributed by atoms with E-state index in [-0.39, 0.29) is 5.41 Å². The van der Waals surface area contributed by atoms with E-state index in [0.29, 0.717) is 6.54 Å². The van der Waals surface area contributed by atoms with Crippen LogP contribution in [0.1, 0.15) is 40.4 Å². The smallest absolute Gasteiger partial charge is 0.138 e. The third-order valence-corrected chi connectivity index (χ3v) is 2.33. The van der Waals surface area contributed by atoms with Crippen molar-refractivity contribution in [1.29, 1.82) is 0 Å². The van der Waals surface area contributed by atoms with Gasteiger partial charge in [0, 0.05) is 24.6 Å². The van der Waals surface area contributed by atoms with E-state index in [2.05, 4.69) is 41.4 Å². The molecule has 3 N–H and O–H groups in total. The van der Waals surface area contributed by atoms with Gasteiger partial charge in [-0.25, -0.2) is 9.97 Å². The standard InChI is InChI=1S/C13H24N4O/c1-6-14-10-7-11(15-8-9(2)18)17-12(16-10)13(3,4)5/h7,9,18H,6,8H2,1-5H3,(H2,14,15,16,17). The first-order valence-corrected chi connectivity index (χ1v) is 6.38. The maximum absolute atomic E-state index is 9.29. The molecular formula is C13H24N4O. The summed E-state index contributed by atoms with van der Waals surface area (Å²) >= 11 is 0. The second-order valence-corrected chi connectivity index (χ2v) is 5.47. The van der Waals surface area contributed by atoms with Crippen LogP contribution in [0.4, 0.5) is 11.6 Å².